The average molecular weight is 471 g/mol. The van der Waals surface area contributed by atoms with Crippen molar-refractivity contribution in [2.24, 2.45) is 11.8 Å². The SMILES string of the molecule is CCC.CCC(C)CNC(=O)OCCOC.CCCC(C)C.COCCOC(=O)NS. The van der Waals surface area contributed by atoms with Crippen LogP contribution < -0.4 is 10.0 Å². The van der Waals surface area contributed by atoms with Crippen LogP contribution in [0.15, 0.2) is 0 Å². The van der Waals surface area contributed by atoms with Gasteiger partial charge in [0.1, 0.15) is 13.2 Å². The Morgan fingerprint density at radius 1 is 0.839 bits per heavy atom. The Hall–Kier alpha value is -1.19. The molecule has 190 valence electrons. The highest BCUT2D eigenvalue weighted by Crippen LogP contribution is 2.00. The molecule has 0 rings (SSSR count). The van der Waals surface area contributed by atoms with Crippen molar-refractivity contribution in [3.05, 3.63) is 0 Å². The minimum Gasteiger partial charge on any atom is -0.447 e. The number of amides is 2. The third-order valence-corrected chi connectivity index (χ3v) is 3.47. The van der Waals surface area contributed by atoms with E-state index < -0.39 is 6.09 Å². The van der Waals surface area contributed by atoms with Crippen LogP contribution in [0.2, 0.25) is 0 Å². The lowest BCUT2D eigenvalue weighted by Gasteiger charge is -2.10. The highest BCUT2D eigenvalue weighted by Gasteiger charge is 2.03. The molecule has 8 nitrogen and oxygen atoms in total. The highest BCUT2D eigenvalue weighted by atomic mass is 32.1. The van der Waals surface area contributed by atoms with Crippen LogP contribution in [0.1, 0.15) is 74.1 Å². The first-order chi connectivity index (χ1) is 14.7. The molecular weight excluding hydrogens is 420 g/mol. The lowest BCUT2D eigenvalue weighted by molar-refractivity contribution is 0.0978. The van der Waals surface area contributed by atoms with Crippen LogP contribution in [0.25, 0.3) is 0 Å². The van der Waals surface area contributed by atoms with Gasteiger partial charge < -0.3 is 24.3 Å². The van der Waals surface area contributed by atoms with Crippen molar-refractivity contribution in [3.8, 4) is 0 Å². The fourth-order valence-corrected chi connectivity index (χ4v) is 1.56. The van der Waals surface area contributed by atoms with Gasteiger partial charge in [0.15, 0.2) is 0 Å². The molecule has 31 heavy (non-hydrogen) atoms. The molecule has 0 aromatic heterocycles. The number of ether oxygens (including phenoxy) is 4. The van der Waals surface area contributed by atoms with Gasteiger partial charge in [-0.1, -0.05) is 87.0 Å². The molecule has 1 atom stereocenters. The van der Waals surface area contributed by atoms with Crippen LogP contribution in [0.3, 0.4) is 0 Å². The third-order valence-electron chi connectivity index (χ3n) is 3.29. The van der Waals surface area contributed by atoms with Gasteiger partial charge in [-0.05, 0) is 11.8 Å². The van der Waals surface area contributed by atoms with E-state index >= 15 is 0 Å². The Bertz CT molecular complexity index is 361. The average Bonchev–Trinajstić information content (AvgIpc) is 2.73. The number of hydrogen-bond acceptors (Lipinski definition) is 7. The molecule has 2 N–H and O–H groups in total. The molecule has 0 aliphatic rings. The van der Waals surface area contributed by atoms with Gasteiger partial charge in [0.25, 0.3) is 0 Å². The quantitative estimate of drug-likeness (QED) is 0.274. The molecule has 0 radical (unpaired) electrons. The summed E-state index contributed by atoms with van der Waals surface area (Å²) in [4.78, 5) is 21.2. The van der Waals surface area contributed by atoms with E-state index in [0.29, 0.717) is 32.3 Å². The summed E-state index contributed by atoms with van der Waals surface area (Å²) in [7, 11) is 3.10. The minimum absolute atomic E-state index is 0.253. The summed E-state index contributed by atoms with van der Waals surface area (Å²) in [6, 6.07) is 0. The number of nitrogens with one attached hydrogen (secondary N) is 2. The van der Waals surface area contributed by atoms with Crippen LogP contribution >= 0.6 is 12.8 Å². The molecular formula is C22H50N2O6S. The van der Waals surface area contributed by atoms with Gasteiger partial charge in [-0.25, -0.2) is 9.59 Å². The molecule has 2 amide bonds. The second-order valence-corrected chi connectivity index (χ2v) is 7.38. The largest absolute Gasteiger partial charge is 0.447 e. The third kappa shape index (κ3) is 47.8. The predicted molar refractivity (Wildman–Crippen MR) is 132 cm³/mol. The Balaban J connectivity index is -0.000000176. The summed E-state index contributed by atoms with van der Waals surface area (Å²) in [6.07, 6.45) is 4.09. The van der Waals surface area contributed by atoms with Crippen LogP contribution in [-0.2, 0) is 18.9 Å². The normalized spacial score (nSPS) is 10.2. The highest BCUT2D eigenvalue weighted by molar-refractivity contribution is 7.78. The molecule has 9 heteroatoms. The van der Waals surface area contributed by atoms with E-state index in [2.05, 4.69) is 76.1 Å². The van der Waals surface area contributed by atoms with Gasteiger partial charge in [-0.15, -0.1) is 0 Å². The molecule has 1 unspecified atom stereocenters. The van der Waals surface area contributed by atoms with Crippen LogP contribution in [0.5, 0.6) is 0 Å². The van der Waals surface area contributed by atoms with Gasteiger partial charge >= 0.3 is 12.2 Å². The monoisotopic (exact) mass is 470 g/mol. The van der Waals surface area contributed by atoms with Gasteiger partial charge in [0.2, 0.25) is 0 Å². The molecule has 0 saturated carbocycles. The summed E-state index contributed by atoms with van der Waals surface area (Å²) in [5, 5.41) is 2.68. The fourth-order valence-electron chi connectivity index (χ4n) is 1.50. The number of methoxy groups -OCH3 is 2. The van der Waals surface area contributed by atoms with Crippen molar-refractivity contribution < 1.29 is 28.5 Å². The first kappa shape index (κ1) is 37.1. The van der Waals surface area contributed by atoms with Gasteiger partial charge in [-0.3, -0.25) is 4.72 Å². The predicted octanol–water partition coefficient (Wildman–Crippen LogP) is 5.47. The van der Waals surface area contributed by atoms with Gasteiger partial charge in [0, 0.05) is 20.8 Å². The second kappa shape index (κ2) is 33.4. The zero-order chi connectivity index (χ0) is 24.9. The van der Waals surface area contributed by atoms with E-state index in [9.17, 15) is 9.59 Å². The van der Waals surface area contributed by atoms with Gasteiger partial charge in [-0.2, -0.15) is 0 Å². The van der Waals surface area contributed by atoms with E-state index in [4.69, 9.17) is 9.47 Å². The van der Waals surface area contributed by atoms with E-state index in [-0.39, 0.29) is 12.7 Å². The zero-order valence-corrected chi connectivity index (χ0v) is 22.3. The number of carbonyl (C=O) groups is 2. The fraction of sp³-hybridized carbons (Fsp3) is 0.909. The van der Waals surface area contributed by atoms with Crippen LogP contribution in [-0.4, -0.2) is 59.4 Å². The number of carbonyl (C=O) groups excluding carboxylic acids is 2. The van der Waals surface area contributed by atoms with Crippen molar-refractivity contribution in [3.63, 3.8) is 0 Å². The van der Waals surface area contributed by atoms with E-state index in [0.717, 1.165) is 12.3 Å². The Morgan fingerprint density at radius 2 is 1.29 bits per heavy atom. The molecule has 0 spiro atoms. The molecule has 0 heterocycles. The lowest BCUT2D eigenvalue weighted by atomic mass is 10.1. The molecule has 0 fully saturated rings. The topological polar surface area (TPSA) is 95.1 Å². The minimum atomic E-state index is -0.560. The summed E-state index contributed by atoms with van der Waals surface area (Å²) in [5.74, 6) is 1.39. The number of hydrogen-bond donors (Lipinski definition) is 3. The summed E-state index contributed by atoms with van der Waals surface area (Å²) in [5.41, 5.74) is 0. The zero-order valence-electron chi connectivity index (χ0n) is 21.4. The summed E-state index contributed by atoms with van der Waals surface area (Å²) < 4.78 is 20.6. The lowest BCUT2D eigenvalue weighted by Crippen LogP contribution is -2.29. The van der Waals surface area contributed by atoms with Crippen molar-refractivity contribution in [1.29, 1.82) is 0 Å². The molecule has 0 aliphatic heterocycles. The van der Waals surface area contributed by atoms with E-state index in [1.54, 1.807) is 7.11 Å². The van der Waals surface area contributed by atoms with Crippen molar-refractivity contribution in [2.75, 3.05) is 47.2 Å². The van der Waals surface area contributed by atoms with E-state index in [1.165, 1.54) is 26.4 Å². The van der Waals surface area contributed by atoms with Crippen molar-refractivity contribution in [2.45, 2.75) is 74.1 Å². The Labute approximate surface area is 197 Å². The molecule has 0 bridgehead atoms. The van der Waals surface area contributed by atoms with Gasteiger partial charge in [0.05, 0.1) is 13.2 Å². The summed E-state index contributed by atoms with van der Waals surface area (Å²) in [6.45, 7) is 17.2. The summed E-state index contributed by atoms with van der Waals surface area (Å²) >= 11 is 3.45. The Morgan fingerprint density at radius 3 is 1.58 bits per heavy atom. The first-order valence-electron chi connectivity index (χ1n) is 11.2. The number of alkyl carbamates (subject to hydrolysis) is 1. The smallest absolute Gasteiger partial charge is 0.417 e. The van der Waals surface area contributed by atoms with Crippen molar-refractivity contribution >= 4 is 25.0 Å². The molecule has 0 saturated heterocycles. The molecule has 0 aromatic rings. The second-order valence-electron chi connectivity index (χ2n) is 7.15. The van der Waals surface area contributed by atoms with Crippen molar-refractivity contribution in [1.82, 2.24) is 10.0 Å². The maximum Gasteiger partial charge on any atom is 0.417 e. The maximum absolute atomic E-state index is 10.9. The molecule has 0 aromatic carbocycles. The standard InChI is InChI=1S/C9H19NO3.C6H14.C4H9NO3S.C3H8/c1-4-8(2)7-10-9(11)13-6-5-12-3;1-4-5-6(2)3;1-7-2-3-8-4(6)5-9;1-3-2/h8H,4-7H2,1-3H3,(H,10,11);6H,4-5H2,1-3H3;9H,2-3H2,1H3,(H,5,6);3H2,1-2H3. The molecule has 0 aliphatic carbocycles. The maximum atomic E-state index is 10.9. The number of thiol groups is 1. The van der Waals surface area contributed by atoms with E-state index in [1.807, 2.05) is 4.72 Å². The van der Waals surface area contributed by atoms with Crippen LogP contribution in [0.4, 0.5) is 9.59 Å². The number of rotatable bonds is 11. The first-order valence-corrected chi connectivity index (χ1v) is 11.6. The van der Waals surface area contributed by atoms with Crippen LogP contribution in [0, 0.1) is 11.8 Å². The Kier molecular flexibility index (Phi) is 40.1.